The van der Waals surface area contributed by atoms with Gasteiger partial charge in [0.25, 0.3) is 5.91 Å². The van der Waals surface area contributed by atoms with Gasteiger partial charge in [-0.25, -0.2) is 4.99 Å². The van der Waals surface area contributed by atoms with E-state index in [4.69, 9.17) is 5.73 Å². The summed E-state index contributed by atoms with van der Waals surface area (Å²) in [7, 11) is 0. The molecule has 102 valence electrons. The molecule has 0 radical (unpaired) electrons. The fourth-order valence-electron chi connectivity index (χ4n) is 3.07. The number of nitrogens with one attached hydrogen (secondary N) is 1. The molecule has 2 aliphatic rings. The third-order valence-corrected chi connectivity index (χ3v) is 4.15. The van der Waals surface area contributed by atoms with Gasteiger partial charge >= 0.3 is 0 Å². The molecule has 7 nitrogen and oxygen atoms in total. The molecular formula is C11H19N3O4. The molecule has 0 aromatic rings. The summed E-state index contributed by atoms with van der Waals surface area (Å²) in [4.78, 5) is 15.7. The molecule has 1 saturated carbocycles. The highest BCUT2D eigenvalue weighted by atomic mass is 16.3. The molecule has 1 fully saturated rings. The first-order valence-electron chi connectivity index (χ1n) is 6.01. The van der Waals surface area contributed by atoms with Crippen molar-refractivity contribution >= 4 is 11.9 Å². The van der Waals surface area contributed by atoms with Crippen molar-refractivity contribution < 1.29 is 20.1 Å². The third-order valence-electron chi connectivity index (χ3n) is 4.15. The topological polar surface area (TPSA) is 128 Å². The van der Waals surface area contributed by atoms with Gasteiger partial charge < -0.3 is 21.1 Å². The van der Waals surface area contributed by atoms with Crippen molar-refractivity contribution in [2.45, 2.75) is 44.1 Å². The number of nitrogens with two attached hydrogens (primary N) is 1. The zero-order valence-electron chi connectivity index (χ0n) is 10.4. The molecular weight excluding hydrogens is 238 g/mol. The van der Waals surface area contributed by atoms with Crippen LogP contribution in [0.15, 0.2) is 4.99 Å². The molecule has 0 aromatic carbocycles. The number of hydrogen-bond acceptors (Lipinski definition) is 6. The highest BCUT2D eigenvalue weighted by Crippen LogP contribution is 2.43. The standard InChI is InChI=1S/C11H19N3O4/c1-4-3-5(2)11(7(16)6(4)15)8(17)9(18)13-10(12)14-11/h4-8,15-17H,3H2,1-2H3,(H3,12,13,14,18)/t4-,5+,6-,7-,8-,11?/m1/s1. The fraction of sp³-hybridized carbons (Fsp3) is 0.818. The van der Waals surface area contributed by atoms with E-state index in [1.807, 2.05) is 0 Å². The number of guanidine groups is 1. The van der Waals surface area contributed by atoms with Gasteiger partial charge in [-0.15, -0.1) is 0 Å². The van der Waals surface area contributed by atoms with Crippen LogP contribution in [0.5, 0.6) is 0 Å². The Bertz CT molecular complexity index is 400. The molecule has 1 unspecified atom stereocenters. The highest BCUT2D eigenvalue weighted by molar-refractivity contribution is 6.01. The van der Waals surface area contributed by atoms with Gasteiger partial charge in [-0.2, -0.15) is 0 Å². The van der Waals surface area contributed by atoms with Crippen molar-refractivity contribution in [1.82, 2.24) is 5.32 Å². The highest BCUT2D eigenvalue weighted by Gasteiger charge is 2.59. The third kappa shape index (κ3) is 1.62. The number of carbonyl (C=O) groups excluding carboxylic acids is 1. The predicted octanol–water partition coefficient (Wildman–Crippen LogP) is -2.07. The van der Waals surface area contributed by atoms with Crippen LogP contribution < -0.4 is 11.1 Å². The Hall–Kier alpha value is -1.18. The minimum atomic E-state index is -1.52. The minimum absolute atomic E-state index is 0.130. The van der Waals surface area contributed by atoms with Crippen LogP contribution in [0.25, 0.3) is 0 Å². The van der Waals surface area contributed by atoms with E-state index in [-0.39, 0.29) is 17.8 Å². The Morgan fingerprint density at radius 2 is 2.00 bits per heavy atom. The molecule has 0 bridgehead atoms. The van der Waals surface area contributed by atoms with Crippen LogP contribution in [0, 0.1) is 11.8 Å². The average molecular weight is 257 g/mol. The maximum Gasteiger partial charge on any atom is 0.258 e. The first-order valence-corrected chi connectivity index (χ1v) is 6.01. The van der Waals surface area contributed by atoms with Crippen LogP contribution >= 0.6 is 0 Å². The van der Waals surface area contributed by atoms with Gasteiger partial charge in [0.1, 0.15) is 11.6 Å². The van der Waals surface area contributed by atoms with Gasteiger partial charge in [0.15, 0.2) is 12.1 Å². The lowest BCUT2D eigenvalue weighted by Gasteiger charge is -2.50. The van der Waals surface area contributed by atoms with E-state index in [9.17, 15) is 20.1 Å². The van der Waals surface area contributed by atoms with Crippen molar-refractivity contribution in [3.8, 4) is 0 Å². The van der Waals surface area contributed by atoms with E-state index >= 15 is 0 Å². The number of hydrogen-bond donors (Lipinski definition) is 5. The molecule has 18 heavy (non-hydrogen) atoms. The maximum absolute atomic E-state index is 11.6. The lowest BCUT2D eigenvalue weighted by molar-refractivity contribution is -0.159. The molecule has 2 rings (SSSR count). The monoisotopic (exact) mass is 257 g/mol. The number of amides is 1. The van der Waals surface area contributed by atoms with Crippen molar-refractivity contribution in [2.75, 3.05) is 0 Å². The van der Waals surface area contributed by atoms with E-state index in [0.717, 1.165) is 0 Å². The maximum atomic E-state index is 11.6. The van der Waals surface area contributed by atoms with Gasteiger partial charge in [-0.1, -0.05) is 13.8 Å². The van der Waals surface area contributed by atoms with Crippen molar-refractivity contribution in [2.24, 2.45) is 22.6 Å². The van der Waals surface area contributed by atoms with Crippen molar-refractivity contribution in [3.63, 3.8) is 0 Å². The molecule has 1 heterocycles. The fourth-order valence-corrected chi connectivity index (χ4v) is 3.07. The van der Waals surface area contributed by atoms with Gasteiger partial charge in [0.05, 0.1) is 6.10 Å². The van der Waals surface area contributed by atoms with Gasteiger partial charge in [0.2, 0.25) is 0 Å². The predicted molar refractivity (Wildman–Crippen MR) is 63.5 cm³/mol. The normalized spacial score (nSPS) is 48.8. The summed E-state index contributed by atoms with van der Waals surface area (Å²) in [5, 5.41) is 32.5. The second kappa shape index (κ2) is 4.18. The van der Waals surface area contributed by atoms with Crippen molar-refractivity contribution in [1.29, 1.82) is 0 Å². The summed E-state index contributed by atoms with van der Waals surface area (Å²) in [5.74, 6) is -1.24. The van der Waals surface area contributed by atoms with E-state index < -0.39 is 29.8 Å². The summed E-state index contributed by atoms with van der Waals surface area (Å²) in [6, 6.07) is 0. The molecule has 6 atom stereocenters. The minimum Gasteiger partial charge on any atom is -0.390 e. The van der Waals surface area contributed by atoms with Crippen molar-refractivity contribution in [3.05, 3.63) is 0 Å². The molecule has 1 aliphatic carbocycles. The summed E-state index contributed by atoms with van der Waals surface area (Å²) < 4.78 is 0. The number of nitrogens with zero attached hydrogens (tertiary/aromatic N) is 1. The lowest BCUT2D eigenvalue weighted by atomic mass is 9.64. The molecule has 1 aliphatic heterocycles. The SMILES string of the molecule is C[C@@H]1C[C@H](C)C2(N=C(N)NC(=O)[C@H]2O)[C@H](O)[C@@H]1O. The van der Waals surface area contributed by atoms with E-state index in [1.165, 1.54) is 0 Å². The number of rotatable bonds is 0. The summed E-state index contributed by atoms with van der Waals surface area (Å²) in [6.45, 7) is 3.59. The quantitative estimate of drug-likeness (QED) is 0.340. The smallest absolute Gasteiger partial charge is 0.258 e. The Kier molecular flexibility index (Phi) is 3.08. The molecule has 7 heteroatoms. The van der Waals surface area contributed by atoms with Gasteiger partial charge in [-0.3, -0.25) is 10.1 Å². The van der Waals surface area contributed by atoms with Crippen LogP contribution in [0.4, 0.5) is 0 Å². The Morgan fingerprint density at radius 1 is 1.39 bits per heavy atom. The molecule has 0 saturated heterocycles. The molecule has 0 aromatic heterocycles. The van der Waals surface area contributed by atoms with Gasteiger partial charge in [0, 0.05) is 0 Å². The van der Waals surface area contributed by atoms with E-state index in [2.05, 4.69) is 10.3 Å². The number of aliphatic hydroxyl groups excluding tert-OH is 3. The van der Waals surface area contributed by atoms with Crippen LogP contribution in [0.2, 0.25) is 0 Å². The Balaban J connectivity index is 2.50. The van der Waals surface area contributed by atoms with Crippen LogP contribution in [0.1, 0.15) is 20.3 Å². The zero-order valence-corrected chi connectivity index (χ0v) is 10.4. The second-order valence-electron chi connectivity index (χ2n) is 5.33. The zero-order chi connectivity index (χ0) is 13.7. The van der Waals surface area contributed by atoms with Gasteiger partial charge in [-0.05, 0) is 18.3 Å². The lowest BCUT2D eigenvalue weighted by Crippen LogP contribution is -2.70. The average Bonchev–Trinajstić information content (AvgIpc) is 2.30. The Morgan fingerprint density at radius 3 is 2.61 bits per heavy atom. The summed E-state index contributed by atoms with van der Waals surface area (Å²) in [6.07, 6.45) is -3.34. The number of carbonyl (C=O) groups is 1. The molecule has 1 spiro atoms. The first-order chi connectivity index (χ1) is 8.30. The largest absolute Gasteiger partial charge is 0.390 e. The molecule has 1 amide bonds. The van der Waals surface area contributed by atoms with E-state index in [0.29, 0.717) is 6.42 Å². The van der Waals surface area contributed by atoms with E-state index in [1.54, 1.807) is 13.8 Å². The second-order valence-corrected chi connectivity index (χ2v) is 5.33. The van der Waals surface area contributed by atoms with Crippen LogP contribution in [-0.4, -0.2) is 51.0 Å². The number of aliphatic imine (C=N–C) groups is 1. The first kappa shape index (κ1) is 13.3. The van der Waals surface area contributed by atoms with Crippen LogP contribution in [-0.2, 0) is 4.79 Å². The number of aliphatic hydroxyl groups is 3. The summed E-state index contributed by atoms with van der Waals surface area (Å²) in [5.41, 5.74) is 4.05. The molecule has 6 N–H and O–H groups in total. The Labute approximate surface area is 105 Å². The summed E-state index contributed by atoms with van der Waals surface area (Å²) >= 11 is 0. The van der Waals surface area contributed by atoms with Crippen LogP contribution in [0.3, 0.4) is 0 Å².